The number of carbonyl (C=O) groups is 2. The van der Waals surface area contributed by atoms with Crippen LogP contribution < -0.4 is 4.90 Å². The van der Waals surface area contributed by atoms with Crippen LogP contribution in [0.4, 0.5) is 5.69 Å². The molecule has 4 aromatic rings. The van der Waals surface area contributed by atoms with Gasteiger partial charge >= 0.3 is 0 Å². The Balaban J connectivity index is 1.67. The number of rotatable bonds is 6. The average molecular weight is 459 g/mol. The number of amides is 2. The van der Waals surface area contributed by atoms with Crippen LogP contribution in [0.25, 0.3) is 6.08 Å². The van der Waals surface area contributed by atoms with E-state index in [1.807, 2.05) is 121 Å². The lowest BCUT2D eigenvalue weighted by Gasteiger charge is -2.58. The second-order valence-electron chi connectivity index (χ2n) is 8.59. The fourth-order valence-electron chi connectivity index (χ4n) is 4.87. The first-order valence-corrected chi connectivity index (χ1v) is 11.6. The molecule has 1 saturated heterocycles. The zero-order valence-electron chi connectivity index (χ0n) is 19.5. The molecule has 0 N–H and O–H groups in total. The summed E-state index contributed by atoms with van der Waals surface area (Å²) in [4.78, 5) is 31.3. The predicted molar refractivity (Wildman–Crippen MR) is 140 cm³/mol. The number of anilines is 1. The normalized spacial score (nSPS) is 19.4. The molecule has 0 spiro atoms. The monoisotopic (exact) mass is 458 g/mol. The molecule has 0 aliphatic carbocycles. The zero-order chi connectivity index (χ0) is 24.3. The molecule has 1 aliphatic rings. The molecule has 0 radical (unpaired) electrons. The molecule has 2 atom stereocenters. The first kappa shape index (κ1) is 22.4. The summed E-state index contributed by atoms with van der Waals surface area (Å²) in [5.41, 5.74) is 1.97. The van der Waals surface area contributed by atoms with Crippen molar-refractivity contribution in [2.75, 3.05) is 11.9 Å². The van der Waals surface area contributed by atoms with Crippen LogP contribution in [0, 0.1) is 0 Å². The Morgan fingerprint density at radius 3 is 1.89 bits per heavy atom. The van der Waals surface area contributed by atoms with Crippen molar-refractivity contribution in [3.05, 3.63) is 144 Å². The molecule has 2 unspecified atom stereocenters. The second-order valence-corrected chi connectivity index (χ2v) is 8.59. The lowest BCUT2D eigenvalue weighted by Crippen LogP contribution is -2.77. The van der Waals surface area contributed by atoms with Crippen molar-refractivity contribution >= 4 is 23.6 Å². The Hall–Kier alpha value is -4.44. The van der Waals surface area contributed by atoms with Crippen LogP contribution >= 0.6 is 0 Å². The van der Waals surface area contributed by atoms with Crippen molar-refractivity contribution in [1.82, 2.24) is 4.90 Å². The van der Waals surface area contributed by atoms with E-state index in [9.17, 15) is 9.59 Å². The van der Waals surface area contributed by atoms with Crippen molar-refractivity contribution in [3.63, 3.8) is 0 Å². The number of carbonyl (C=O) groups excluding carboxylic acids is 2. The van der Waals surface area contributed by atoms with Gasteiger partial charge in [-0.3, -0.25) is 14.5 Å². The van der Waals surface area contributed by atoms with Gasteiger partial charge in [0.05, 0.1) is 6.04 Å². The van der Waals surface area contributed by atoms with E-state index in [4.69, 9.17) is 0 Å². The third-order valence-corrected chi connectivity index (χ3v) is 6.62. The highest BCUT2D eigenvalue weighted by atomic mass is 16.2. The highest BCUT2D eigenvalue weighted by molar-refractivity contribution is 6.13. The molecule has 1 heterocycles. The second kappa shape index (κ2) is 9.43. The largest absolute Gasteiger partial charge is 0.321 e. The van der Waals surface area contributed by atoms with Crippen molar-refractivity contribution in [3.8, 4) is 0 Å². The quantitative estimate of drug-likeness (QED) is 0.344. The van der Waals surface area contributed by atoms with Crippen LogP contribution in [0.3, 0.4) is 0 Å². The predicted octanol–water partition coefficient (Wildman–Crippen LogP) is 5.78. The number of para-hydroxylation sites is 1. The molecule has 0 bridgehead atoms. The summed E-state index contributed by atoms with van der Waals surface area (Å²) in [5, 5.41) is 0. The van der Waals surface area contributed by atoms with Gasteiger partial charge in [0.2, 0.25) is 0 Å². The number of hydrogen-bond acceptors (Lipinski definition) is 2. The summed E-state index contributed by atoms with van der Waals surface area (Å²) >= 11 is 0. The van der Waals surface area contributed by atoms with Gasteiger partial charge in [0.1, 0.15) is 0 Å². The number of hydrogen-bond donors (Lipinski definition) is 0. The first-order chi connectivity index (χ1) is 17.1. The van der Waals surface area contributed by atoms with Crippen LogP contribution in [0.15, 0.2) is 127 Å². The Labute approximate surface area is 205 Å². The average Bonchev–Trinajstić information content (AvgIpc) is 2.93. The number of likely N-dealkylation sites (N-methyl/N-ethyl adjacent to an activating group) is 1. The maximum absolute atomic E-state index is 14.2. The molecule has 4 nitrogen and oxygen atoms in total. The number of nitrogens with zero attached hydrogens (tertiary/aromatic N) is 2. The molecule has 35 heavy (non-hydrogen) atoms. The molecule has 0 aromatic heterocycles. The van der Waals surface area contributed by atoms with E-state index in [0.29, 0.717) is 5.56 Å². The smallest absolute Gasteiger partial charge is 0.260 e. The van der Waals surface area contributed by atoms with Gasteiger partial charge in [-0.1, -0.05) is 109 Å². The van der Waals surface area contributed by atoms with E-state index in [2.05, 4.69) is 0 Å². The van der Waals surface area contributed by atoms with Gasteiger partial charge < -0.3 is 4.90 Å². The van der Waals surface area contributed by atoms with Crippen molar-refractivity contribution < 1.29 is 9.59 Å². The summed E-state index contributed by atoms with van der Waals surface area (Å²) in [6, 6.07) is 37.9. The van der Waals surface area contributed by atoms with Gasteiger partial charge in [-0.05, 0) is 35.4 Å². The Bertz CT molecular complexity index is 1340. The Morgan fingerprint density at radius 2 is 1.29 bits per heavy atom. The molecule has 1 aliphatic heterocycles. The Kier molecular flexibility index (Phi) is 6.02. The van der Waals surface area contributed by atoms with E-state index >= 15 is 0 Å². The minimum Gasteiger partial charge on any atom is -0.321 e. The SMILES string of the molecule is CN(C(=O)c1ccccc1)C1(c2ccccc2)C(=O)N(c2ccccc2)C1/C=C/c1ccccc1. The molecule has 4 aromatic carbocycles. The Morgan fingerprint density at radius 1 is 0.771 bits per heavy atom. The van der Waals surface area contributed by atoms with Gasteiger partial charge in [-0.15, -0.1) is 0 Å². The zero-order valence-corrected chi connectivity index (χ0v) is 19.5. The van der Waals surface area contributed by atoms with Gasteiger partial charge in [-0.2, -0.15) is 0 Å². The summed E-state index contributed by atoms with van der Waals surface area (Å²) < 4.78 is 0. The fourth-order valence-corrected chi connectivity index (χ4v) is 4.87. The van der Waals surface area contributed by atoms with Crippen molar-refractivity contribution in [1.29, 1.82) is 0 Å². The maximum atomic E-state index is 14.2. The number of benzene rings is 4. The van der Waals surface area contributed by atoms with Crippen LogP contribution in [0.1, 0.15) is 21.5 Å². The molecule has 1 fully saturated rings. The van der Waals surface area contributed by atoms with Gasteiger partial charge in [0.25, 0.3) is 11.8 Å². The summed E-state index contributed by atoms with van der Waals surface area (Å²) in [6.45, 7) is 0. The fraction of sp³-hybridized carbons (Fsp3) is 0.0968. The van der Waals surface area contributed by atoms with Gasteiger partial charge in [0.15, 0.2) is 5.54 Å². The minimum absolute atomic E-state index is 0.135. The molecule has 4 heteroatoms. The lowest BCUT2D eigenvalue weighted by molar-refractivity contribution is -0.139. The maximum Gasteiger partial charge on any atom is 0.260 e. The van der Waals surface area contributed by atoms with Gasteiger partial charge in [-0.25, -0.2) is 0 Å². The van der Waals surface area contributed by atoms with E-state index in [0.717, 1.165) is 16.8 Å². The van der Waals surface area contributed by atoms with Crippen LogP contribution in [-0.2, 0) is 10.3 Å². The van der Waals surface area contributed by atoms with Crippen LogP contribution in [0.5, 0.6) is 0 Å². The van der Waals surface area contributed by atoms with E-state index in [1.54, 1.807) is 29.0 Å². The summed E-state index contributed by atoms with van der Waals surface area (Å²) in [5.74, 6) is -0.335. The van der Waals surface area contributed by atoms with Gasteiger partial charge in [0, 0.05) is 18.3 Å². The molecule has 172 valence electrons. The molecule has 0 saturated carbocycles. The first-order valence-electron chi connectivity index (χ1n) is 11.6. The van der Waals surface area contributed by atoms with Crippen molar-refractivity contribution in [2.45, 2.75) is 11.6 Å². The highest BCUT2D eigenvalue weighted by Gasteiger charge is 2.64. The van der Waals surface area contributed by atoms with E-state index in [1.165, 1.54) is 0 Å². The highest BCUT2D eigenvalue weighted by Crippen LogP contribution is 2.48. The number of β-lactam (4-membered cyclic amide) rings is 1. The third kappa shape index (κ3) is 3.83. The van der Waals surface area contributed by atoms with Crippen LogP contribution in [0.2, 0.25) is 0 Å². The summed E-state index contributed by atoms with van der Waals surface area (Å²) in [6.07, 6.45) is 4.05. The van der Waals surface area contributed by atoms with E-state index < -0.39 is 11.6 Å². The molecular weight excluding hydrogens is 432 g/mol. The van der Waals surface area contributed by atoms with Crippen molar-refractivity contribution in [2.24, 2.45) is 0 Å². The molecule has 5 rings (SSSR count). The molecule has 2 amide bonds. The minimum atomic E-state index is -1.19. The van der Waals surface area contributed by atoms with E-state index in [-0.39, 0.29) is 11.8 Å². The summed E-state index contributed by atoms with van der Waals surface area (Å²) in [7, 11) is 1.73. The third-order valence-electron chi connectivity index (χ3n) is 6.62. The van der Waals surface area contributed by atoms with Crippen LogP contribution in [-0.4, -0.2) is 29.8 Å². The standard InChI is InChI=1S/C31H26N2O2/c1-32(29(34)25-16-8-3-9-17-25)31(26-18-10-4-11-19-26)28(23-22-24-14-6-2-7-15-24)33(30(31)35)27-20-12-5-13-21-27/h2-23,28H,1H3/b23-22+. The molecular formula is C31H26N2O2. The topological polar surface area (TPSA) is 40.6 Å². The lowest BCUT2D eigenvalue weighted by atomic mass is 9.71.